The van der Waals surface area contributed by atoms with Gasteiger partial charge in [-0.2, -0.15) is 12.6 Å². The molecule has 0 aliphatic heterocycles. The molecule has 4 heteroatoms. The molecule has 2 heterocycles. The highest BCUT2D eigenvalue weighted by Gasteiger charge is 2.09. The first-order chi connectivity index (χ1) is 7.88. The van der Waals surface area contributed by atoms with E-state index in [2.05, 4.69) is 22.6 Å². The van der Waals surface area contributed by atoms with Gasteiger partial charge in [-0.15, -0.1) is 0 Å². The average Bonchev–Trinajstić information content (AvgIpc) is 2.94. The summed E-state index contributed by atoms with van der Waals surface area (Å²) < 4.78 is 5.48. The van der Waals surface area contributed by atoms with Crippen LogP contribution < -0.4 is 0 Å². The van der Waals surface area contributed by atoms with Crippen molar-refractivity contribution in [1.82, 2.24) is 9.97 Å². The van der Waals surface area contributed by atoms with Gasteiger partial charge in [0.25, 0.3) is 0 Å². The molecular weight excluding hydrogens is 220 g/mol. The normalized spacial score (nSPS) is 11.1. The van der Waals surface area contributed by atoms with Gasteiger partial charge < -0.3 is 9.40 Å². The second kappa shape index (κ2) is 3.72. The predicted molar refractivity (Wildman–Crippen MR) is 66.5 cm³/mol. The van der Waals surface area contributed by atoms with Gasteiger partial charge in [-0.1, -0.05) is 18.2 Å². The lowest BCUT2D eigenvalue weighted by molar-refractivity contribution is 0.617. The average molecular weight is 230 g/mol. The maximum atomic E-state index is 5.48. The minimum atomic E-state index is 0.607. The van der Waals surface area contributed by atoms with Crippen molar-refractivity contribution in [3.63, 3.8) is 0 Å². The van der Waals surface area contributed by atoms with E-state index in [0.717, 1.165) is 28.1 Å². The summed E-state index contributed by atoms with van der Waals surface area (Å²) in [5.74, 6) is 1.47. The Morgan fingerprint density at radius 2 is 2.19 bits per heavy atom. The van der Waals surface area contributed by atoms with Crippen LogP contribution in [0.2, 0.25) is 0 Å². The standard InChI is InChI=1S/C12H10N2OS/c16-7-12-13-5-10(14-12)9-6-15-11-4-2-1-3-8(9)11/h1-6,16H,7H2,(H,13,14). The summed E-state index contributed by atoms with van der Waals surface area (Å²) in [5, 5.41) is 1.09. The van der Waals surface area contributed by atoms with Gasteiger partial charge in [0, 0.05) is 16.7 Å². The topological polar surface area (TPSA) is 41.8 Å². The van der Waals surface area contributed by atoms with E-state index < -0.39 is 0 Å². The lowest BCUT2D eigenvalue weighted by Gasteiger charge is -1.92. The molecule has 1 N–H and O–H groups in total. The molecule has 0 saturated carbocycles. The predicted octanol–water partition coefficient (Wildman–Crippen LogP) is 3.25. The number of hydrogen-bond donors (Lipinski definition) is 2. The number of fused-ring (bicyclic) bond motifs is 1. The fourth-order valence-electron chi connectivity index (χ4n) is 1.77. The Morgan fingerprint density at radius 1 is 1.31 bits per heavy atom. The molecule has 0 spiro atoms. The molecule has 0 saturated heterocycles. The number of imidazole rings is 1. The van der Waals surface area contributed by atoms with Crippen molar-refractivity contribution in [3.05, 3.63) is 42.5 Å². The fraction of sp³-hybridized carbons (Fsp3) is 0.0833. The van der Waals surface area contributed by atoms with Gasteiger partial charge in [-0.25, -0.2) is 4.98 Å². The summed E-state index contributed by atoms with van der Waals surface area (Å²) in [6.07, 6.45) is 3.56. The number of aromatic amines is 1. The first-order valence-corrected chi connectivity index (χ1v) is 5.63. The van der Waals surface area contributed by atoms with Crippen molar-refractivity contribution in [2.75, 3.05) is 0 Å². The zero-order valence-corrected chi connectivity index (χ0v) is 9.37. The van der Waals surface area contributed by atoms with E-state index in [4.69, 9.17) is 4.42 Å². The third kappa shape index (κ3) is 1.42. The number of furan rings is 1. The molecule has 0 aliphatic rings. The number of nitrogens with one attached hydrogen (secondary N) is 1. The Balaban J connectivity index is 2.18. The number of para-hydroxylation sites is 1. The molecule has 0 aliphatic carbocycles. The Morgan fingerprint density at radius 3 is 3.00 bits per heavy atom. The van der Waals surface area contributed by atoms with Gasteiger partial charge in [-0.3, -0.25) is 0 Å². The van der Waals surface area contributed by atoms with Crippen LogP contribution in [-0.2, 0) is 5.75 Å². The lowest BCUT2D eigenvalue weighted by atomic mass is 10.1. The van der Waals surface area contributed by atoms with Crippen LogP contribution in [0.3, 0.4) is 0 Å². The summed E-state index contributed by atoms with van der Waals surface area (Å²) in [5.41, 5.74) is 2.89. The van der Waals surface area contributed by atoms with E-state index in [0.29, 0.717) is 5.75 Å². The lowest BCUT2D eigenvalue weighted by Crippen LogP contribution is -1.79. The second-order valence-corrected chi connectivity index (χ2v) is 3.86. The number of hydrogen-bond acceptors (Lipinski definition) is 3. The summed E-state index contributed by atoms with van der Waals surface area (Å²) in [6, 6.07) is 7.95. The van der Waals surface area contributed by atoms with Crippen molar-refractivity contribution in [2.45, 2.75) is 5.75 Å². The van der Waals surface area contributed by atoms with Gasteiger partial charge in [-0.05, 0) is 6.07 Å². The molecule has 3 rings (SSSR count). The van der Waals surface area contributed by atoms with E-state index in [-0.39, 0.29) is 0 Å². The van der Waals surface area contributed by atoms with Crippen molar-refractivity contribution in [2.24, 2.45) is 0 Å². The van der Waals surface area contributed by atoms with Crippen molar-refractivity contribution in [3.8, 4) is 11.3 Å². The molecule has 3 nitrogen and oxygen atoms in total. The molecule has 16 heavy (non-hydrogen) atoms. The maximum Gasteiger partial charge on any atom is 0.134 e. The molecule has 3 aromatic rings. The molecule has 2 aromatic heterocycles. The Labute approximate surface area is 97.9 Å². The molecule has 80 valence electrons. The minimum absolute atomic E-state index is 0.607. The smallest absolute Gasteiger partial charge is 0.134 e. The molecule has 0 fully saturated rings. The van der Waals surface area contributed by atoms with Crippen LogP contribution in [0.15, 0.2) is 41.1 Å². The summed E-state index contributed by atoms with van der Waals surface area (Å²) in [6.45, 7) is 0. The number of rotatable bonds is 2. The SMILES string of the molecule is SCc1ncc(-c2coc3ccccc23)[nH]1. The van der Waals surface area contributed by atoms with Crippen LogP contribution in [0, 0.1) is 0 Å². The molecular formula is C12H10N2OS. The number of thiol groups is 1. The van der Waals surface area contributed by atoms with Crippen LogP contribution >= 0.6 is 12.6 Å². The van der Waals surface area contributed by atoms with Gasteiger partial charge in [0.2, 0.25) is 0 Å². The van der Waals surface area contributed by atoms with E-state index >= 15 is 0 Å². The van der Waals surface area contributed by atoms with Crippen LogP contribution in [0.25, 0.3) is 22.2 Å². The van der Waals surface area contributed by atoms with Gasteiger partial charge in [0.05, 0.1) is 11.9 Å². The molecule has 1 aromatic carbocycles. The summed E-state index contributed by atoms with van der Waals surface area (Å²) in [4.78, 5) is 7.43. The quantitative estimate of drug-likeness (QED) is 0.663. The molecule has 0 amide bonds. The van der Waals surface area contributed by atoms with Crippen molar-refractivity contribution in [1.29, 1.82) is 0 Å². The van der Waals surface area contributed by atoms with Crippen LogP contribution in [0.1, 0.15) is 5.82 Å². The zero-order valence-electron chi connectivity index (χ0n) is 8.47. The van der Waals surface area contributed by atoms with Gasteiger partial charge in [0.15, 0.2) is 0 Å². The minimum Gasteiger partial charge on any atom is -0.464 e. The van der Waals surface area contributed by atoms with Crippen LogP contribution in [-0.4, -0.2) is 9.97 Å². The highest BCUT2D eigenvalue weighted by atomic mass is 32.1. The largest absolute Gasteiger partial charge is 0.464 e. The monoisotopic (exact) mass is 230 g/mol. The fourth-order valence-corrected chi connectivity index (χ4v) is 1.93. The summed E-state index contributed by atoms with van der Waals surface area (Å²) in [7, 11) is 0. The number of nitrogens with zero attached hydrogens (tertiary/aromatic N) is 1. The maximum absolute atomic E-state index is 5.48. The first kappa shape index (κ1) is 9.54. The van der Waals surface area contributed by atoms with Gasteiger partial charge >= 0.3 is 0 Å². The summed E-state index contributed by atoms with van der Waals surface area (Å²) >= 11 is 4.18. The number of benzene rings is 1. The van der Waals surface area contributed by atoms with E-state index in [1.54, 1.807) is 6.26 Å². The number of aromatic nitrogens is 2. The Hall–Kier alpha value is -1.68. The van der Waals surface area contributed by atoms with E-state index in [9.17, 15) is 0 Å². The van der Waals surface area contributed by atoms with Crippen molar-refractivity contribution >= 4 is 23.6 Å². The Kier molecular flexibility index (Phi) is 2.22. The van der Waals surface area contributed by atoms with Crippen LogP contribution in [0.5, 0.6) is 0 Å². The number of H-pyrrole nitrogens is 1. The molecule has 0 unspecified atom stereocenters. The van der Waals surface area contributed by atoms with Crippen molar-refractivity contribution < 1.29 is 4.42 Å². The zero-order chi connectivity index (χ0) is 11.0. The van der Waals surface area contributed by atoms with E-state index in [1.807, 2.05) is 30.5 Å². The second-order valence-electron chi connectivity index (χ2n) is 3.55. The molecule has 0 bridgehead atoms. The molecule has 0 atom stereocenters. The van der Waals surface area contributed by atoms with Crippen LogP contribution in [0.4, 0.5) is 0 Å². The molecule has 0 radical (unpaired) electrons. The van der Waals surface area contributed by atoms with E-state index in [1.165, 1.54) is 0 Å². The highest BCUT2D eigenvalue weighted by molar-refractivity contribution is 7.79. The third-order valence-electron chi connectivity index (χ3n) is 2.55. The third-order valence-corrected chi connectivity index (χ3v) is 2.85. The highest BCUT2D eigenvalue weighted by Crippen LogP contribution is 2.29. The Bertz CT molecular complexity index is 627. The van der Waals surface area contributed by atoms with Gasteiger partial charge in [0.1, 0.15) is 17.7 Å². The first-order valence-electron chi connectivity index (χ1n) is 5.00.